The molecule has 0 aliphatic heterocycles. The molecule has 2 aromatic carbocycles. The van der Waals surface area contributed by atoms with E-state index in [1.54, 1.807) is 6.07 Å². The first kappa shape index (κ1) is 14.7. The number of benzene rings is 2. The minimum absolute atomic E-state index is 0.0340. The van der Waals surface area contributed by atoms with Crippen LogP contribution in [0.4, 0.5) is 4.39 Å². The van der Waals surface area contributed by atoms with Gasteiger partial charge in [-0.2, -0.15) is 0 Å². The Labute approximate surface area is 120 Å². The van der Waals surface area contributed by atoms with Crippen LogP contribution in [0.15, 0.2) is 48.5 Å². The van der Waals surface area contributed by atoms with Gasteiger partial charge in [-0.3, -0.25) is 0 Å². The van der Waals surface area contributed by atoms with Gasteiger partial charge in [-0.1, -0.05) is 55.0 Å². The highest BCUT2D eigenvalue weighted by Crippen LogP contribution is 2.24. The summed E-state index contributed by atoms with van der Waals surface area (Å²) in [7, 11) is 0. The third kappa shape index (κ3) is 3.45. The van der Waals surface area contributed by atoms with E-state index in [0.717, 1.165) is 12.0 Å². The predicted octanol–water partition coefficient (Wildman–Crippen LogP) is 4.94. The Morgan fingerprint density at radius 2 is 1.85 bits per heavy atom. The average molecular weight is 271 g/mol. The summed E-state index contributed by atoms with van der Waals surface area (Å²) in [4.78, 5) is 0. The molecule has 0 amide bonds. The van der Waals surface area contributed by atoms with E-state index >= 15 is 0 Å². The molecule has 0 saturated heterocycles. The van der Waals surface area contributed by atoms with E-state index in [1.165, 1.54) is 17.2 Å². The average Bonchev–Trinajstić information content (AvgIpc) is 2.45. The molecule has 0 fully saturated rings. The summed E-state index contributed by atoms with van der Waals surface area (Å²) in [6.07, 6.45) is 0.858. The zero-order chi connectivity index (χ0) is 14.5. The molecule has 1 unspecified atom stereocenters. The lowest BCUT2D eigenvalue weighted by Gasteiger charge is -2.23. The molecule has 2 heteroatoms. The maximum absolute atomic E-state index is 13.9. The lowest BCUT2D eigenvalue weighted by Crippen LogP contribution is -2.25. The molecule has 0 saturated carbocycles. The fourth-order valence-corrected chi connectivity index (χ4v) is 2.52. The lowest BCUT2D eigenvalue weighted by molar-refractivity contribution is 0.439. The molecule has 20 heavy (non-hydrogen) atoms. The normalized spacial score (nSPS) is 14.0. The van der Waals surface area contributed by atoms with Crippen molar-refractivity contribution in [3.05, 3.63) is 71.0 Å². The number of hydrogen-bond acceptors (Lipinski definition) is 1. The van der Waals surface area contributed by atoms with Crippen molar-refractivity contribution in [1.29, 1.82) is 0 Å². The van der Waals surface area contributed by atoms with Crippen LogP contribution in [0, 0.1) is 12.7 Å². The first-order valence-electron chi connectivity index (χ1n) is 7.19. The van der Waals surface area contributed by atoms with Crippen LogP contribution in [0.25, 0.3) is 0 Å². The van der Waals surface area contributed by atoms with Gasteiger partial charge in [0.1, 0.15) is 5.82 Å². The third-order valence-electron chi connectivity index (χ3n) is 3.68. The topological polar surface area (TPSA) is 12.0 Å². The van der Waals surface area contributed by atoms with Crippen molar-refractivity contribution in [2.45, 2.75) is 39.3 Å². The summed E-state index contributed by atoms with van der Waals surface area (Å²) >= 11 is 0. The van der Waals surface area contributed by atoms with Crippen molar-refractivity contribution in [2.24, 2.45) is 0 Å². The van der Waals surface area contributed by atoms with Gasteiger partial charge >= 0.3 is 0 Å². The molecule has 0 aliphatic carbocycles. The van der Waals surface area contributed by atoms with Crippen LogP contribution >= 0.6 is 0 Å². The van der Waals surface area contributed by atoms with Crippen LogP contribution in [-0.4, -0.2) is 0 Å². The summed E-state index contributed by atoms with van der Waals surface area (Å²) < 4.78 is 13.9. The summed E-state index contributed by atoms with van der Waals surface area (Å²) in [6, 6.07) is 15.7. The Bertz CT molecular complexity index is 565. The van der Waals surface area contributed by atoms with E-state index in [4.69, 9.17) is 0 Å². The Kier molecular flexibility index (Phi) is 4.91. The Morgan fingerprint density at radius 1 is 1.10 bits per heavy atom. The molecular weight excluding hydrogens is 249 g/mol. The smallest absolute Gasteiger partial charge is 0.127 e. The largest absolute Gasteiger partial charge is 0.303 e. The standard InChI is InChI=1S/C18H22FN/c1-4-18(16-10-5-6-11-17(16)19)20-14(3)15-9-7-8-13(2)12-15/h5-12,14,18,20H,4H2,1-3H3/t14-,18?/m0/s1. The molecule has 1 N–H and O–H groups in total. The summed E-state index contributed by atoms with van der Waals surface area (Å²) in [6.45, 7) is 6.29. The summed E-state index contributed by atoms with van der Waals surface area (Å²) in [5.41, 5.74) is 3.23. The highest BCUT2D eigenvalue weighted by Gasteiger charge is 2.16. The van der Waals surface area contributed by atoms with Crippen LogP contribution in [0.2, 0.25) is 0 Å². The molecule has 2 aromatic rings. The van der Waals surface area contributed by atoms with Crippen LogP contribution in [0.5, 0.6) is 0 Å². The van der Waals surface area contributed by atoms with Gasteiger partial charge in [0, 0.05) is 17.6 Å². The zero-order valence-electron chi connectivity index (χ0n) is 12.4. The van der Waals surface area contributed by atoms with Gasteiger partial charge in [0.25, 0.3) is 0 Å². The number of aryl methyl sites for hydroxylation is 1. The number of rotatable bonds is 5. The van der Waals surface area contributed by atoms with Crippen LogP contribution in [0.3, 0.4) is 0 Å². The molecule has 2 atom stereocenters. The zero-order valence-corrected chi connectivity index (χ0v) is 12.4. The number of halogens is 1. The monoisotopic (exact) mass is 271 g/mol. The van der Waals surface area contributed by atoms with Crippen molar-refractivity contribution < 1.29 is 4.39 Å². The predicted molar refractivity (Wildman–Crippen MR) is 82.2 cm³/mol. The third-order valence-corrected chi connectivity index (χ3v) is 3.68. The second kappa shape index (κ2) is 6.67. The molecule has 0 aliphatic rings. The second-order valence-electron chi connectivity index (χ2n) is 5.28. The van der Waals surface area contributed by atoms with Crippen molar-refractivity contribution in [3.8, 4) is 0 Å². The van der Waals surface area contributed by atoms with E-state index in [2.05, 4.69) is 50.4 Å². The molecule has 0 radical (unpaired) electrons. The van der Waals surface area contributed by atoms with Crippen molar-refractivity contribution in [2.75, 3.05) is 0 Å². The maximum Gasteiger partial charge on any atom is 0.127 e. The van der Waals surface area contributed by atoms with E-state index in [-0.39, 0.29) is 17.9 Å². The van der Waals surface area contributed by atoms with Crippen molar-refractivity contribution in [1.82, 2.24) is 5.32 Å². The molecule has 0 heterocycles. The van der Waals surface area contributed by atoms with E-state index in [9.17, 15) is 4.39 Å². The van der Waals surface area contributed by atoms with Gasteiger partial charge in [-0.15, -0.1) is 0 Å². The Morgan fingerprint density at radius 3 is 2.50 bits per heavy atom. The Hall–Kier alpha value is -1.67. The molecular formula is C18H22FN. The van der Waals surface area contributed by atoms with Gasteiger partial charge in [-0.25, -0.2) is 4.39 Å². The van der Waals surface area contributed by atoms with Crippen molar-refractivity contribution >= 4 is 0 Å². The molecule has 0 spiro atoms. The van der Waals surface area contributed by atoms with Gasteiger partial charge < -0.3 is 5.32 Å². The van der Waals surface area contributed by atoms with Gasteiger partial charge in [0.15, 0.2) is 0 Å². The molecule has 2 rings (SSSR count). The number of nitrogens with one attached hydrogen (secondary N) is 1. The fraction of sp³-hybridized carbons (Fsp3) is 0.333. The van der Waals surface area contributed by atoms with Gasteiger partial charge in [0.2, 0.25) is 0 Å². The van der Waals surface area contributed by atoms with E-state index < -0.39 is 0 Å². The molecule has 0 aromatic heterocycles. The first-order valence-corrected chi connectivity index (χ1v) is 7.19. The molecule has 106 valence electrons. The Balaban J connectivity index is 2.16. The number of hydrogen-bond donors (Lipinski definition) is 1. The SMILES string of the molecule is CCC(N[C@@H](C)c1cccc(C)c1)c1ccccc1F. The maximum atomic E-state index is 13.9. The summed E-state index contributed by atoms with van der Waals surface area (Å²) in [5, 5.41) is 3.53. The van der Waals surface area contributed by atoms with E-state index in [1.807, 2.05) is 12.1 Å². The lowest BCUT2D eigenvalue weighted by atomic mass is 10.00. The molecule has 0 bridgehead atoms. The first-order chi connectivity index (χ1) is 9.61. The van der Waals surface area contributed by atoms with Crippen LogP contribution in [0.1, 0.15) is 49.0 Å². The minimum atomic E-state index is -0.136. The van der Waals surface area contributed by atoms with Gasteiger partial charge in [0.05, 0.1) is 0 Å². The fourth-order valence-electron chi connectivity index (χ4n) is 2.52. The highest BCUT2D eigenvalue weighted by atomic mass is 19.1. The van der Waals surface area contributed by atoms with Crippen molar-refractivity contribution in [3.63, 3.8) is 0 Å². The highest BCUT2D eigenvalue weighted by molar-refractivity contribution is 5.26. The van der Waals surface area contributed by atoms with E-state index in [0.29, 0.717) is 0 Å². The quantitative estimate of drug-likeness (QED) is 0.812. The molecule has 1 nitrogen and oxygen atoms in total. The van der Waals surface area contributed by atoms with Crippen LogP contribution in [-0.2, 0) is 0 Å². The summed E-state index contributed by atoms with van der Waals surface area (Å²) in [5.74, 6) is -0.136. The minimum Gasteiger partial charge on any atom is -0.303 e. The second-order valence-corrected chi connectivity index (χ2v) is 5.28. The van der Waals surface area contributed by atoms with Crippen LogP contribution < -0.4 is 5.32 Å². The van der Waals surface area contributed by atoms with Gasteiger partial charge in [-0.05, 0) is 31.9 Å².